The zero-order valence-electron chi connectivity index (χ0n) is 11.1. The van der Waals surface area contributed by atoms with Crippen LogP contribution in [0.25, 0.3) is 11.3 Å². The minimum Gasteiger partial charge on any atom is -0.507 e. The molecule has 110 valence electrons. The molecule has 0 atom stereocenters. The summed E-state index contributed by atoms with van der Waals surface area (Å²) in [4.78, 5) is 22.4. The standard InChI is InChI=1S/C13H11NO7/c1-19-10-5-9(15)6(13(18)20-2)3-7(10)11-4-8(12(16)17)14-21-11/h3-5,15H,1-2H3,(H,16,17). The number of benzene rings is 1. The number of phenolic OH excluding ortho intramolecular Hbond substituents is 1. The van der Waals surface area contributed by atoms with Crippen molar-refractivity contribution in [1.82, 2.24) is 5.16 Å². The van der Waals surface area contributed by atoms with Gasteiger partial charge < -0.3 is 24.2 Å². The molecule has 2 aromatic rings. The number of carboxylic acids is 1. The molecule has 0 amide bonds. The number of aromatic nitrogens is 1. The van der Waals surface area contributed by atoms with Gasteiger partial charge in [-0.05, 0) is 6.07 Å². The lowest BCUT2D eigenvalue weighted by molar-refractivity contribution is 0.0596. The number of hydrogen-bond donors (Lipinski definition) is 2. The number of nitrogens with zero attached hydrogens (tertiary/aromatic N) is 1. The third kappa shape index (κ3) is 2.64. The highest BCUT2D eigenvalue weighted by Gasteiger charge is 2.21. The van der Waals surface area contributed by atoms with Crippen LogP contribution in [-0.4, -0.2) is 41.5 Å². The molecule has 0 bridgehead atoms. The summed E-state index contributed by atoms with van der Waals surface area (Å²) < 4.78 is 14.5. The van der Waals surface area contributed by atoms with E-state index in [0.717, 1.165) is 0 Å². The average Bonchev–Trinajstić information content (AvgIpc) is 2.95. The van der Waals surface area contributed by atoms with Crippen LogP contribution < -0.4 is 4.74 Å². The van der Waals surface area contributed by atoms with Crippen LogP contribution >= 0.6 is 0 Å². The first-order valence-electron chi connectivity index (χ1n) is 5.67. The highest BCUT2D eigenvalue weighted by atomic mass is 16.5. The maximum absolute atomic E-state index is 11.6. The van der Waals surface area contributed by atoms with Crippen LogP contribution in [0.3, 0.4) is 0 Å². The van der Waals surface area contributed by atoms with Crippen LogP contribution in [0.2, 0.25) is 0 Å². The number of carbonyl (C=O) groups is 2. The van der Waals surface area contributed by atoms with Crippen molar-refractivity contribution < 1.29 is 33.8 Å². The maximum Gasteiger partial charge on any atom is 0.358 e. The Morgan fingerprint density at radius 1 is 1.24 bits per heavy atom. The van der Waals surface area contributed by atoms with E-state index in [-0.39, 0.29) is 34.1 Å². The van der Waals surface area contributed by atoms with Gasteiger partial charge in [0.05, 0.1) is 19.8 Å². The van der Waals surface area contributed by atoms with Gasteiger partial charge in [-0.3, -0.25) is 0 Å². The molecule has 1 heterocycles. The topological polar surface area (TPSA) is 119 Å². The van der Waals surface area contributed by atoms with Crippen LogP contribution in [0.5, 0.6) is 11.5 Å². The molecule has 0 saturated heterocycles. The molecule has 1 aromatic carbocycles. The summed E-state index contributed by atoms with van der Waals surface area (Å²) >= 11 is 0. The first kappa shape index (κ1) is 14.4. The van der Waals surface area contributed by atoms with Crippen molar-refractivity contribution in [2.24, 2.45) is 0 Å². The second-order valence-corrected chi connectivity index (χ2v) is 3.94. The van der Waals surface area contributed by atoms with Crippen molar-refractivity contribution in [3.8, 4) is 22.8 Å². The predicted octanol–water partition coefficient (Wildman–Crippen LogP) is 1.54. The molecule has 0 aliphatic carbocycles. The third-order valence-electron chi connectivity index (χ3n) is 2.72. The third-order valence-corrected chi connectivity index (χ3v) is 2.72. The number of phenols is 1. The fourth-order valence-electron chi connectivity index (χ4n) is 1.71. The smallest absolute Gasteiger partial charge is 0.358 e. The van der Waals surface area contributed by atoms with E-state index in [0.29, 0.717) is 0 Å². The molecule has 0 radical (unpaired) electrons. The Hall–Kier alpha value is -3.03. The quantitative estimate of drug-likeness (QED) is 0.815. The van der Waals surface area contributed by atoms with Crippen molar-refractivity contribution in [3.05, 3.63) is 29.5 Å². The molecule has 2 rings (SSSR count). The van der Waals surface area contributed by atoms with Gasteiger partial charge in [-0.2, -0.15) is 0 Å². The number of carbonyl (C=O) groups excluding carboxylic acids is 1. The number of rotatable bonds is 4. The van der Waals surface area contributed by atoms with Gasteiger partial charge in [0.15, 0.2) is 11.5 Å². The summed E-state index contributed by atoms with van der Waals surface area (Å²) in [5.41, 5.74) is -0.142. The van der Waals surface area contributed by atoms with E-state index < -0.39 is 11.9 Å². The minimum atomic E-state index is -1.25. The number of hydrogen-bond acceptors (Lipinski definition) is 7. The fraction of sp³-hybridized carbons (Fsp3) is 0.154. The Labute approximate surface area is 118 Å². The van der Waals surface area contributed by atoms with Crippen LogP contribution in [0.1, 0.15) is 20.8 Å². The molecule has 0 fully saturated rings. The van der Waals surface area contributed by atoms with Gasteiger partial charge in [0.25, 0.3) is 0 Å². The second kappa shape index (κ2) is 5.53. The first-order chi connectivity index (χ1) is 9.97. The largest absolute Gasteiger partial charge is 0.507 e. The monoisotopic (exact) mass is 293 g/mol. The molecule has 0 spiro atoms. The molecule has 2 N–H and O–H groups in total. The average molecular weight is 293 g/mol. The van der Waals surface area contributed by atoms with E-state index in [2.05, 4.69) is 9.89 Å². The number of ether oxygens (including phenoxy) is 2. The Balaban J connectivity index is 2.59. The van der Waals surface area contributed by atoms with E-state index >= 15 is 0 Å². The van der Waals surface area contributed by atoms with Crippen LogP contribution in [0, 0.1) is 0 Å². The van der Waals surface area contributed by atoms with Crippen molar-refractivity contribution in [1.29, 1.82) is 0 Å². The van der Waals surface area contributed by atoms with Gasteiger partial charge in [-0.1, -0.05) is 5.16 Å². The van der Waals surface area contributed by atoms with Gasteiger partial charge in [-0.25, -0.2) is 9.59 Å². The van der Waals surface area contributed by atoms with E-state index in [9.17, 15) is 14.7 Å². The summed E-state index contributed by atoms with van der Waals surface area (Å²) in [7, 11) is 2.52. The lowest BCUT2D eigenvalue weighted by Crippen LogP contribution is -2.02. The summed E-state index contributed by atoms with van der Waals surface area (Å²) in [6, 6.07) is 3.65. The molecule has 1 aromatic heterocycles. The van der Waals surface area contributed by atoms with Crippen molar-refractivity contribution in [2.75, 3.05) is 14.2 Å². The van der Waals surface area contributed by atoms with Crippen molar-refractivity contribution >= 4 is 11.9 Å². The van der Waals surface area contributed by atoms with E-state index in [1.165, 1.54) is 32.4 Å². The van der Waals surface area contributed by atoms with Gasteiger partial charge >= 0.3 is 11.9 Å². The maximum atomic E-state index is 11.6. The summed E-state index contributed by atoms with van der Waals surface area (Å²) in [5, 5.41) is 22.0. The zero-order valence-corrected chi connectivity index (χ0v) is 11.1. The van der Waals surface area contributed by atoms with E-state index in [1.54, 1.807) is 0 Å². The summed E-state index contributed by atoms with van der Waals surface area (Å²) in [6.45, 7) is 0. The predicted molar refractivity (Wildman–Crippen MR) is 68.5 cm³/mol. The van der Waals surface area contributed by atoms with Gasteiger partial charge in [-0.15, -0.1) is 0 Å². The molecule has 0 unspecified atom stereocenters. The SMILES string of the molecule is COC(=O)c1cc(-c2cc(C(=O)O)no2)c(OC)cc1O. The van der Waals surface area contributed by atoms with Gasteiger partial charge in [0, 0.05) is 12.1 Å². The van der Waals surface area contributed by atoms with Crippen LogP contribution in [0.4, 0.5) is 0 Å². The highest BCUT2D eigenvalue weighted by molar-refractivity contribution is 5.95. The Kier molecular flexibility index (Phi) is 3.79. The van der Waals surface area contributed by atoms with Gasteiger partial charge in [0.1, 0.15) is 17.1 Å². The molecule has 21 heavy (non-hydrogen) atoms. The molecule has 0 aliphatic rings. The van der Waals surface area contributed by atoms with Crippen LogP contribution in [0.15, 0.2) is 22.7 Å². The number of carboxylic acid groups (broad SMARTS) is 1. The molecular weight excluding hydrogens is 282 g/mol. The summed E-state index contributed by atoms with van der Waals surface area (Å²) in [5.74, 6) is -2.08. The minimum absolute atomic E-state index is 0.0782. The Bertz CT molecular complexity index is 705. The summed E-state index contributed by atoms with van der Waals surface area (Å²) in [6.07, 6.45) is 0. The van der Waals surface area contributed by atoms with Gasteiger partial charge in [0.2, 0.25) is 0 Å². The lowest BCUT2D eigenvalue weighted by Gasteiger charge is -2.09. The van der Waals surface area contributed by atoms with Crippen LogP contribution in [-0.2, 0) is 4.74 Å². The zero-order chi connectivity index (χ0) is 15.6. The molecular formula is C13H11NO7. The molecule has 0 saturated carbocycles. The fourth-order valence-corrected chi connectivity index (χ4v) is 1.71. The molecule has 8 nitrogen and oxygen atoms in total. The van der Waals surface area contributed by atoms with E-state index in [1.807, 2.05) is 0 Å². The Morgan fingerprint density at radius 3 is 2.48 bits per heavy atom. The lowest BCUT2D eigenvalue weighted by atomic mass is 10.1. The highest BCUT2D eigenvalue weighted by Crippen LogP contribution is 2.36. The first-order valence-corrected chi connectivity index (χ1v) is 5.67. The van der Waals surface area contributed by atoms with Crippen molar-refractivity contribution in [3.63, 3.8) is 0 Å². The number of methoxy groups -OCH3 is 2. The number of aromatic hydroxyl groups is 1. The number of esters is 1. The number of aromatic carboxylic acids is 1. The molecule has 8 heteroatoms. The molecule has 0 aliphatic heterocycles. The normalized spacial score (nSPS) is 10.2. The van der Waals surface area contributed by atoms with Crippen molar-refractivity contribution in [2.45, 2.75) is 0 Å². The second-order valence-electron chi connectivity index (χ2n) is 3.94. The van der Waals surface area contributed by atoms with E-state index in [4.69, 9.17) is 14.4 Å². The Morgan fingerprint density at radius 2 is 1.95 bits per heavy atom.